The second-order valence-electron chi connectivity index (χ2n) is 8.47. The number of fused-ring (bicyclic) bond motifs is 1. The topological polar surface area (TPSA) is 54.7 Å². The highest BCUT2D eigenvalue weighted by Crippen LogP contribution is 2.39. The Morgan fingerprint density at radius 3 is 2.03 bits per heavy atom. The van der Waals surface area contributed by atoms with Crippen LogP contribution in [-0.2, 0) is 11.3 Å². The molecule has 4 aromatic rings. The fraction of sp³-hybridized carbons (Fsp3) is 0.321. The summed E-state index contributed by atoms with van der Waals surface area (Å²) in [7, 11) is 6.70. The molecule has 0 aliphatic rings. The Kier molecular flexibility index (Phi) is 7.08. The minimum Gasteiger partial charge on any atom is -0.497 e. The van der Waals surface area contributed by atoms with E-state index in [1.165, 1.54) is 5.56 Å². The molecular weight excluding hydrogens is 428 g/mol. The lowest BCUT2D eigenvalue weighted by Gasteiger charge is -2.13. The van der Waals surface area contributed by atoms with Crippen molar-refractivity contribution in [2.45, 2.75) is 26.3 Å². The van der Waals surface area contributed by atoms with E-state index in [-0.39, 0.29) is 0 Å². The number of aromatic nitrogens is 2. The number of hydrogen-bond donors (Lipinski definition) is 0. The van der Waals surface area contributed by atoms with Crippen LogP contribution in [0.4, 0.5) is 0 Å². The van der Waals surface area contributed by atoms with Crippen molar-refractivity contribution < 1.29 is 18.9 Å². The summed E-state index contributed by atoms with van der Waals surface area (Å²) >= 11 is 0. The van der Waals surface area contributed by atoms with Crippen molar-refractivity contribution in [2.75, 3.05) is 35.0 Å². The predicted octanol–water partition coefficient (Wildman–Crippen LogP) is 6.17. The van der Waals surface area contributed by atoms with E-state index in [9.17, 15) is 0 Å². The van der Waals surface area contributed by atoms with Gasteiger partial charge in [0.25, 0.3) is 0 Å². The lowest BCUT2D eigenvalue weighted by Crippen LogP contribution is -2.07. The van der Waals surface area contributed by atoms with Crippen LogP contribution in [0.15, 0.2) is 54.6 Å². The van der Waals surface area contributed by atoms with Gasteiger partial charge in [-0.25, -0.2) is 4.98 Å². The van der Waals surface area contributed by atoms with Crippen molar-refractivity contribution in [3.05, 3.63) is 60.2 Å². The first-order valence-electron chi connectivity index (χ1n) is 11.4. The molecule has 178 valence electrons. The summed E-state index contributed by atoms with van der Waals surface area (Å²) in [6.07, 6.45) is 0. The molecule has 1 aromatic heterocycles. The van der Waals surface area contributed by atoms with Crippen LogP contribution in [0.1, 0.15) is 25.3 Å². The van der Waals surface area contributed by atoms with E-state index in [1.807, 2.05) is 30.3 Å². The molecule has 0 saturated heterocycles. The third kappa shape index (κ3) is 4.46. The van der Waals surface area contributed by atoms with Gasteiger partial charge in [0.2, 0.25) is 0 Å². The number of rotatable bonds is 9. The van der Waals surface area contributed by atoms with Crippen LogP contribution >= 0.6 is 0 Å². The molecule has 0 spiro atoms. The van der Waals surface area contributed by atoms with Crippen LogP contribution in [0.3, 0.4) is 0 Å². The zero-order chi connectivity index (χ0) is 24.2. The van der Waals surface area contributed by atoms with Gasteiger partial charge < -0.3 is 23.5 Å². The summed E-state index contributed by atoms with van der Waals surface area (Å²) in [5.74, 6) is 3.56. The maximum Gasteiger partial charge on any atom is 0.144 e. The van der Waals surface area contributed by atoms with Gasteiger partial charge in [-0.1, -0.05) is 38.1 Å². The highest BCUT2D eigenvalue weighted by molar-refractivity contribution is 5.98. The van der Waals surface area contributed by atoms with E-state index >= 15 is 0 Å². The molecule has 0 aliphatic carbocycles. The molecule has 3 aromatic carbocycles. The fourth-order valence-electron chi connectivity index (χ4n) is 4.21. The van der Waals surface area contributed by atoms with Crippen LogP contribution in [-0.4, -0.2) is 44.6 Å². The lowest BCUT2D eigenvalue weighted by atomic mass is 10.0. The summed E-state index contributed by atoms with van der Waals surface area (Å²) in [5.41, 5.74) is 6.07. The van der Waals surface area contributed by atoms with Crippen molar-refractivity contribution in [1.29, 1.82) is 0 Å². The van der Waals surface area contributed by atoms with Gasteiger partial charge in [-0.2, -0.15) is 0 Å². The summed E-state index contributed by atoms with van der Waals surface area (Å²) in [5, 5.41) is 0. The number of imidazole rings is 1. The summed E-state index contributed by atoms with van der Waals surface area (Å²) in [6, 6.07) is 18.5. The molecule has 4 rings (SSSR count). The van der Waals surface area contributed by atoms with Gasteiger partial charge in [-0.3, -0.25) is 0 Å². The Bertz CT molecular complexity index is 1250. The highest BCUT2D eigenvalue weighted by Gasteiger charge is 2.20. The first-order chi connectivity index (χ1) is 16.5. The monoisotopic (exact) mass is 460 g/mol. The predicted molar refractivity (Wildman–Crippen MR) is 136 cm³/mol. The second kappa shape index (κ2) is 10.2. The molecule has 0 fully saturated rings. The van der Waals surface area contributed by atoms with Gasteiger partial charge in [0.15, 0.2) is 0 Å². The largest absolute Gasteiger partial charge is 0.497 e. The van der Waals surface area contributed by atoms with Crippen LogP contribution in [0, 0.1) is 0 Å². The average Bonchev–Trinajstić information content (AvgIpc) is 3.26. The Hall–Kier alpha value is -3.51. The third-order valence-electron chi connectivity index (χ3n) is 6.09. The second-order valence-corrected chi connectivity index (χ2v) is 8.47. The smallest absolute Gasteiger partial charge is 0.144 e. The molecule has 34 heavy (non-hydrogen) atoms. The highest BCUT2D eigenvalue weighted by atomic mass is 16.5. The van der Waals surface area contributed by atoms with Crippen LogP contribution in [0.2, 0.25) is 0 Å². The van der Waals surface area contributed by atoms with Gasteiger partial charge in [-0.15, -0.1) is 0 Å². The molecule has 0 amide bonds. The molecule has 0 unspecified atom stereocenters. The lowest BCUT2D eigenvalue weighted by molar-refractivity contribution is 0.188. The van der Waals surface area contributed by atoms with Crippen molar-refractivity contribution >= 4 is 11.0 Å². The van der Waals surface area contributed by atoms with E-state index in [0.717, 1.165) is 50.8 Å². The number of ether oxygens (including phenoxy) is 4. The van der Waals surface area contributed by atoms with E-state index < -0.39 is 0 Å². The quantitative estimate of drug-likeness (QED) is 0.299. The van der Waals surface area contributed by atoms with Gasteiger partial charge in [0.05, 0.1) is 27.9 Å². The Morgan fingerprint density at radius 1 is 0.794 bits per heavy atom. The summed E-state index contributed by atoms with van der Waals surface area (Å²) in [6.45, 7) is 5.60. The van der Waals surface area contributed by atoms with E-state index in [4.69, 9.17) is 23.9 Å². The molecule has 0 radical (unpaired) electrons. The SMILES string of the molecule is COCCn1c(-c2ccc(C(C)C)cc2)nc2c(-c3cc(OC)cc(OC)c3)ccc(OC)c21. The molecule has 0 aliphatic heterocycles. The molecule has 0 bridgehead atoms. The van der Waals surface area contributed by atoms with Crippen molar-refractivity contribution in [3.8, 4) is 39.8 Å². The van der Waals surface area contributed by atoms with Crippen molar-refractivity contribution in [3.63, 3.8) is 0 Å². The molecule has 0 N–H and O–H groups in total. The number of methoxy groups -OCH3 is 4. The Morgan fingerprint density at radius 2 is 1.47 bits per heavy atom. The molecule has 6 heteroatoms. The van der Waals surface area contributed by atoms with E-state index in [0.29, 0.717) is 19.1 Å². The maximum absolute atomic E-state index is 5.78. The normalized spacial score (nSPS) is 11.3. The van der Waals surface area contributed by atoms with Crippen molar-refractivity contribution in [1.82, 2.24) is 9.55 Å². The van der Waals surface area contributed by atoms with Crippen LogP contribution in [0.25, 0.3) is 33.5 Å². The average molecular weight is 461 g/mol. The number of nitrogens with zero attached hydrogens (tertiary/aromatic N) is 2. The molecular formula is C28H32N2O4. The van der Waals surface area contributed by atoms with Crippen LogP contribution < -0.4 is 14.2 Å². The molecule has 6 nitrogen and oxygen atoms in total. The van der Waals surface area contributed by atoms with Gasteiger partial charge in [0, 0.05) is 30.8 Å². The summed E-state index contributed by atoms with van der Waals surface area (Å²) < 4.78 is 24.4. The zero-order valence-electron chi connectivity index (χ0n) is 20.7. The maximum atomic E-state index is 5.78. The first-order valence-corrected chi connectivity index (χ1v) is 11.4. The third-order valence-corrected chi connectivity index (χ3v) is 6.09. The van der Waals surface area contributed by atoms with Crippen LogP contribution in [0.5, 0.6) is 17.2 Å². The standard InChI is InChI=1S/C28H32N2O4/c1-18(2)19-7-9-20(10-8-19)28-29-26-24(21-15-22(32-4)17-23(16-21)33-5)11-12-25(34-6)27(26)30(28)13-14-31-3/h7-12,15-18H,13-14H2,1-6H3. The minimum absolute atomic E-state index is 0.469. The molecule has 0 saturated carbocycles. The van der Waals surface area contributed by atoms with E-state index in [1.54, 1.807) is 28.4 Å². The minimum atomic E-state index is 0.469. The van der Waals surface area contributed by atoms with Crippen molar-refractivity contribution in [2.24, 2.45) is 0 Å². The van der Waals surface area contributed by atoms with Gasteiger partial charge in [-0.05, 0) is 41.3 Å². The number of hydrogen-bond acceptors (Lipinski definition) is 5. The Labute approximate surface area is 201 Å². The molecule has 1 heterocycles. The van der Waals surface area contributed by atoms with E-state index in [2.05, 4.69) is 42.7 Å². The molecule has 0 atom stereocenters. The Balaban J connectivity index is 1.99. The number of benzene rings is 3. The van der Waals surface area contributed by atoms with Gasteiger partial charge in [0.1, 0.15) is 34.1 Å². The first kappa shape index (κ1) is 23.6. The fourth-order valence-corrected chi connectivity index (χ4v) is 4.21. The van der Waals surface area contributed by atoms with Gasteiger partial charge >= 0.3 is 0 Å². The summed E-state index contributed by atoms with van der Waals surface area (Å²) in [4.78, 5) is 5.15. The zero-order valence-corrected chi connectivity index (χ0v) is 20.7.